The Labute approximate surface area is 138 Å². The molecule has 2 heterocycles. The number of rotatable bonds is 7. The molecular weight excluding hydrogens is 318 g/mol. The fraction of sp³-hybridized carbons (Fsp3) is 0.714. The van der Waals surface area contributed by atoms with E-state index in [4.69, 9.17) is 4.52 Å². The summed E-state index contributed by atoms with van der Waals surface area (Å²) in [6.07, 6.45) is 8.36. The lowest BCUT2D eigenvalue weighted by Crippen LogP contribution is -2.21. The third-order valence-electron chi connectivity index (χ3n) is 3.64. The standard InChI is InChI=1S/C14H21N5OS2/c1-2-6-11-16-12(20-19-11)9-21-14-18-17-13(22-14)15-10-7-4-3-5-8-10/h10H,2-9H2,1H3,(H,15,17). The summed E-state index contributed by atoms with van der Waals surface area (Å²) >= 11 is 3.20. The lowest BCUT2D eigenvalue weighted by molar-refractivity contribution is 0.384. The van der Waals surface area contributed by atoms with Gasteiger partial charge in [0.1, 0.15) is 0 Å². The van der Waals surface area contributed by atoms with Crippen molar-refractivity contribution in [3.63, 3.8) is 0 Å². The summed E-state index contributed by atoms with van der Waals surface area (Å²) in [4.78, 5) is 4.36. The molecule has 0 unspecified atom stereocenters. The van der Waals surface area contributed by atoms with E-state index in [-0.39, 0.29) is 0 Å². The summed E-state index contributed by atoms with van der Waals surface area (Å²) in [7, 11) is 0. The molecule has 0 amide bonds. The summed E-state index contributed by atoms with van der Waals surface area (Å²) in [6.45, 7) is 2.10. The quantitative estimate of drug-likeness (QED) is 0.766. The highest BCUT2D eigenvalue weighted by atomic mass is 32.2. The Hall–Kier alpha value is -1.15. The SMILES string of the molecule is CCCc1noc(CSc2nnc(NC3CCCCC3)s2)n1. The molecule has 120 valence electrons. The first-order valence-corrected chi connectivity index (χ1v) is 9.68. The zero-order chi connectivity index (χ0) is 15.2. The van der Waals surface area contributed by atoms with Crippen LogP contribution in [0.15, 0.2) is 8.86 Å². The number of aryl methyl sites for hydroxylation is 1. The van der Waals surface area contributed by atoms with Crippen molar-refractivity contribution in [2.75, 3.05) is 5.32 Å². The maximum absolute atomic E-state index is 5.23. The fourth-order valence-electron chi connectivity index (χ4n) is 2.55. The maximum Gasteiger partial charge on any atom is 0.237 e. The van der Waals surface area contributed by atoms with E-state index in [1.54, 1.807) is 23.1 Å². The average molecular weight is 339 g/mol. The van der Waals surface area contributed by atoms with Crippen LogP contribution in [0.25, 0.3) is 0 Å². The molecule has 0 radical (unpaired) electrons. The summed E-state index contributed by atoms with van der Waals surface area (Å²) in [6, 6.07) is 0.562. The lowest BCUT2D eigenvalue weighted by Gasteiger charge is -2.21. The van der Waals surface area contributed by atoms with Gasteiger partial charge in [0, 0.05) is 12.5 Å². The summed E-state index contributed by atoms with van der Waals surface area (Å²) < 4.78 is 6.16. The molecule has 1 saturated carbocycles. The molecule has 6 nitrogen and oxygen atoms in total. The van der Waals surface area contributed by atoms with Crippen molar-refractivity contribution in [3.8, 4) is 0 Å². The Morgan fingerprint density at radius 2 is 2.14 bits per heavy atom. The first kappa shape index (κ1) is 15.7. The number of thioether (sulfide) groups is 1. The van der Waals surface area contributed by atoms with Gasteiger partial charge in [-0.3, -0.25) is 0 Å². The molecule has 1 fully saturated rings. The van der Waals surface area contributed by atoms with Gasteiger partial charge >= 0.3 is 0 Å². The molecule has 0 aromatic carbocycles. The molecule has 0 bridgehead atoms. The largest absolute Gasteiger partial charge is 0.357 e. The van der Waals surface area contributed by atoms with Crippen molar-refractivity contribution in [1.29, 1.82) is 0 Å². The molecule has 0 spiro atoms. The predicted octanol–water partition coefficient (Wildman–Crippen LogP) is 3.91. The number of hydrogen-bond acceptors (Lipinski definition) is 8. The zero-order valence-corrected chi connectivity index (χ0v) is 14.4. The van der Waals surface area contributed by atoms with Gasteiger partial charge in [0.2, 0.25) is 11.0 Å². The highest BCUT2D eigenvalue weighted by molar-refractivity contribution is 8.00. The highest BCUT2D eigenvalue weighted by Crippen LogP contribution is 2.29. The van der Waals surface area contributed by atoms with E-state index in [1.807, 2.05) is 0 Å². The van der Waals surface area contributed by atoms with E-state index in [9.17, 15) is 0 Å². The molecule has 8 heteroatoms. The van der Waals surface area contributed by atoms with Crippen LogP contribution in [-0.2, 0) is 12.2 Å². The number of aromatic nitrogens is 4. The smallest absolute Gasteiger partial charge is 0.237 e. The molecule has 1 aliphatic carbocycles. The van der Waals surface area contributed by atoms with Gasteiger partial charge in [-0.15, -0.1) is 10.2 Å². The number of hydrogen-bond donors (Lipinski definition) is 1. The van der Waals surface area contributed by atoms with Gasteiger partial charge in [-0.1, -0.05) is 54.4 Å². The minimum Gasteiger partial charge on any atom is -0.357 e. The van der Waals surface area contributed by atoms with Crippen LogP contribution in [0.5, 0.6) is 0 Å². The maximum atomic E-state index is 5.23. The molecule has 0 saturated heterocycles. The first-order valence-electron chi connectivity index (χ1n) is 7.88. The van der Waals surface area contributed by atoms with Crippen molar-refractivity contribution in [2.45, 2.75) is 68.0 Å². The molecule has 22 heavy (non-hydrogen) atoms. The van der Waals surface area contributed by atoms with E-state index >= 15 is 0 Å². The second-order valence-electron chi connectivity index (χ2n) is 5.50. The van der Waals surface area contributed by atoms with Crippen LogP contribution < -0.4 is 5.32 Å². The van der Waals surface area contributed by atoms with Crippen molar-refractivity contribution < 1.29 is 4.52 Å². The first-order chi connectivity index (χ1) is 10.8. The minimum absolute atomic E-state index is 0.562. The molecular formula is C14H21N5OS2. The van der Waals surface area contributed by atoms with Crippen LogP contribution in [0.1, 0.15) is 57.2 Å². The molecule has 3 rings (SSSR count). The zero-order valence-electron chi connectivity index (χ0n) is 12.7. The van der Waals surface area contributed by atoms with E-state index in [1.165, 1.54) is 32.1 Å². The Morgan fingerprint density at radius 3 is 2.95 bits per heavy atom. The Balaban J connectivity index is 1.48. The monoisotopic (exact) mass is 339 g/mol. The van der Waals surface area contributed by atoms with Crippen LogP contribution in [0.3, 0.4) is 0 Å². The van der Waals surface area contributed by atoms with Crippen LogP contribution in [0, 0.1) is 0 Å². The summed E-state index contributed by atoms with van der Waals surface area (Å²) in [5.74, 6) is 2.09. The second kappa shape index (κ2) is 7.92. The molecule has 2 aromatic heterocycles. The van der Waals surface area contributed by atoms with Gasteiger partial charge in [-0.25, -0.2) is 0 Å². The molecule has 2 aromatic rings. The van der Waals surface area contributed by atoms with Crippen molar-refractivity contribution in [3.05, 3.63) is 11.7 Å². The second-order valence-corrected chi connectivity index (χ2v) is 7.70. The lowest BCUT2D eigenvalue weighted by atomic mass is 9.96. The van der Waals surface area contributed by atoms with Crippen LogP contribution in [0.4, 0.5) is 5.13 Å². The van der Waals surface area contributed by atoms with Gasteiger partial charge < -0.3 is 9.84 Å². The van der Waals surface area contributed by atoms with Crippen LogP contribution >= 0.6 is 23.1 Å². The summed E-state index contributed by atoms with van der Waals surface area (Å²) in [5, 5.41) is 16.8. The number of nitrogens with zero attached hydrogens (tertiary/aromatic N) is 4. The van der Waals surface area contributed by atoms with E-state index in [0.717, 1.165) is 28.1 Å². The van der Waals surface area contributed by atoms with Gasteiger partial charge in [0.05, 0.1) is 5.75 Å². The van der Waals surface area contributed by atoms with E-state index < -0.39 is 0 Å². The average Bonchev–Trinajstić information content (AvgIpc) is 3.16. The Morgan fingerprint density at radius 1 is 1.27 bits per heavy atom. The normalized spacial score (nSPS) is 16.0. The van der Waals surface area contributed by atoms with Crippen molar-refractivity contribution in [2.24, 2.45) is 0 Å². The van der Waals surface area contributed by atoms with Crippen molar-refractivity contribution >= 4 is 28.2 Å². The Bertz CT molecular complexity index is 579. The van der Waals surface area contributed by atoms with Crippen LogP contribution in [0.2, 0.25) is 0 Å². The molecule has 1 aliphatic rings. The van der Waals surface area contributed by atoms with Crippen LogP contribution in [-0.4, -0.2) is 26.4 Å². The summed E-state index contributed by atoms with van der Waals surface area (Å²) in [5.41, 5.74) is 0. The van der Waals surface area contributed by atoms with E-state index in [2.05, 4.69) is 32.6 Å². The molecule has 0 aliphatic heterocycles. The van der Waals surface area contributed by atoms with Gasteiger partial charge in [0.15, 0.2) is 10.2 Å². The Kier molecular flexibility index (Phi) is 5.66. The number of nitrogens with one attached hydrogen (secondary N) is 1. The third-order valence-corrected chi connectivity index (χ3v) is 5.61. The number of anilines is 1. The molecule has 0 atom stereocenters. The van der Waals surface area contributed by atoms with Gasteiger partial charge in [-0.05, 0) is 19.3 Å². The molecule has 1 N–H and O–H groups in total. The fourth-order valence-corrected chi connectivity index (χ4v) is 4.21. The highest BCUT2D eigenvalue weighted by Gasteiger charge is 2.15. The van der Waals surface area contributed by atoms with Gasteiger partial charge in [-0.2, -0.15) is 4.98 Å². The third kappa shape index (κ3) is 4.42. The van der Waals surface area contributed by atoms with Gasteiger partial charge in [0.25, 0.3) is 0 Å². The topological polar surface area (TPSA) is 76.7 Å². The van der Waals surface area contributed by atoms with E-state index in [0.29, 0.717) is 17.7 Å². The van der Waals surface area contributed by atoms with Crippen molar-refractivity contribution in [1.82, 2.24) is 20.3 Å². The minimum atomic E-state index is 0.562. The predicted molar refractivity (Wildman–Crippen MR) is 88.3 cm³/mol.